The zero-order valence-electron chi connectivity index (χ0n) is 14.8. The fourth-order valence-corrected chi connectivity index (χ4v) is 3.48. The van der Waals surface area contributed by atoms with E-state index in [0.29, 0.717) is 16.8 Å². The lowest BCUT2D eigenvalue weighted by atomic mass is 10.0. The number of aromatic amines is 1. The maximum Gasteiger partial charge on any atom is 0.184 e. The van der Waals surface area contributed by atoms with Crippen molar-refractivity contribution in [1.82, 2.24) is 25.1 Å². The number of rotatable bonds is 3. The van der Waals surface area contributed by atoms with E-state index in [1.807, 2.05) is 31.4 Å². The summed E-state index contributed by atoms with van der Waals surface area (Å²) in [6.45, 7) is 1.78. The predicted octanol–water partition coefficient (Wildman–Crippen LogP) is 3.54. The van der Waals surface area contributed by atoms with Gasteiger partial charge in [-0.05, 0) is 42.3 Å². The van der Waals surface area contributed by atoms with Gasteiger partial charge < -0.3 is 15.0 Å². The van der Waals surface area contributed by atoms with Crippen LogP contribution < -0.4 is 10.1 Å². The van der Waals surface area contributed by atoms with Crippen molar-refractivity contribution in [2.45, 2.75) is 13.0 Å². The van der Waals surface area contributed by atoms with Gasteiger partial charge in [-0.1, -0.05) is 6.07 Å². The van der Waals surface area contributed by atoms with Gasteiger partial charge in [-0.25, -0.2) is 9.37 Å². The van der Waals surface area contributed by atoms with Crippen LogP contribution >= 0.6 is 0 Å². The van der Waals surface area contributed by atoms with Gasteiger partial charge >= 0.3 is 0 Å². The third kappa shape index (κ3) is 2.86. The summed E-state index contributed by atoms with van der Waals surface area (Å²) in [4.78, 5) is 7.37. The van der Waals surface area contributed by atoms with Crippen molar-refractivity contribution in [3.8, 4) is 22.8 Å². The van der Waals surface area contributed by atoms with E-state index in [1.165, 1.54) is 17.3 Å². The van der Waals surface area contributed by atoms with Crippen molar-refractivity contribution < 1.29 is 9.13 Å². The quantitative estimate of drug-likeness (QED) is 0.584. The Bertz CT molecular complexity index is 1150. The molecule has 0 radical (unpaired) electrons. The smallest absolute Gasteiger partial charge is 0.184 e. The molecule has 6 nitrogen and oxygen atoms in total. The Morgan fingerprint density at radius 1 is 1.19 bits per heavy atom. The molecule has 27 heavy (non-hydrogen) atoms. The molecule has 0 bridgehead atoms. The SMILES string of the molecule is Cn1cc(-c2cc3c(Oc4ccc5c(c4)CNCC5)c(F)cnc3[nH]2)cn1. The van der Waals surface area contributed by atoms with E-state index in [1.54, 1.807) is 10.9 Å². The zero-order chi connectivity index (χ0) is 18.4. The number of hydrogen-bond donors (Lipinski definition) is 2. The molecule has 0 fully saturated rings. The van der Waals surface area contributed by atoms with E-state index in [-0.39, 0.29) is 5.75 Å². The maximum absolute atomic E-state index is 14.5. The topological polar surface area (TPSA) is 67.8 Å². The third-order valence-electron chi connectivity index (χ3n) is 4.87. The number of H-pyrrole nitrogens is 1. The first-order valence-corrected chi connectivity index (χ1v) is 8.84. The van der Waals surface area contributed by atoms with Crippen LogP contribution in [0, 0.1) is 5.82 Å². The molecule has 0 spiro atoms. The molecule has 1 aliphatic rings. The maximum atomic E-state index is 14.5. The highest BCUT2D eigenvalue weighted by molar-refractivity contribution is 5.88. The van der Waals surface area contributed by atoms with Crippen LogP contribution in [0.3, 0.4) is 0 Å². The number of aromatic nitrogens is 4. The summed E-state index contributed by atoms with van der Waals surface area (Å²) in [5.41, 5.74) is 4.79. The number of benzene rings is 1. The minimum Gasteiger partial charge on any atom is -0.453 e. The fourth-order valence-electron chi connectivity index (χ4n) is 3.48. The van der Waals surface area contributed by atoms with Crippen LogP contribution in [-0.2, 0) is 20.0 Å². The second kappa shape index (κ2) is 6.21. The Labute approximate surface area is 155 Å². The molecule has 0 atom stereocenters. The lowest BCUT2D eigenvalue weighted by molar-refractivity contribution is 0.445. The van der Waals surface area contributed by atoms with Crippen LogP contribution in [0.1, 0.15) is 11.1 Å². The first kappa shape index (κ1) is 16.0. The highest BCUT2D eigenvalue weighted by atomic mass is 19.1. The van der Waals surface area contributed by atoms with E-state index in [0.717, 1.165) is 30.8 Å². The van der Waals surface area contributed by atoms with Crippen molar-refractivity contribution >= 4 is 11.0 Å². The number of nitrogens with one attached hydrogen (secondary N) is 2. The first-order chi connectivity index (χ1) is 13.2. The van der Waals surface area contributed by atoms with Gasteiger partial charge in [0.05, 0.1) is 23.5 Å². The Hall–Kier alpha value is -3.19. The summed E-state index contributed by atoms with van der Waals surface area (Å²) in [6.07, 6.45) is 5.81. The highest BCUT2D eigenvalue weighted by Crippen LogP contribution is 2.35. The normalized spacial score (nSPS) is 13.7. The molecule has 1 aliphatic heterocycles. The predicted molar refractivity (Wildman–Crippen MR) is 100 cm³/mol. The number of aryl methyl sites for hydroxylation is 1. The number of hydrogen-bond acceptors (Lipinski definition) is 4. The summed E-state index contributed by atoms with van der Waals surface area (Å²) >= 11 is 0. The molecule has 0 amide bonds. The van der Waals surface area contributed by atoms with Gasteiger partial charge in [-0.3, -0.25) is 4.68 Å². The van der Waals surface area contributed by atoms with Crippen molar-refractivity contribution in [3.63, 3.8) is 0 Å². The molecule has 0 saturated heterocycles. The largest absolute Gasteiger partial charge is 0.453 e. The minimum atomic E-state index is -0.491. The Morgan fingerprint density at radius 3 is 2.96 bits per heavy atom. The molecule has 3 aromatic heterocycles. The van der Waals surface area contributed by atoms with E-state index in [4.69, 9.17) is 4.74 Å². The summed E-state index contributed by atoms with van der Waals surface area (Å²) in [5.74, 6) is 0.304. The molecule has 7 heteroatoms. The molecule has 4 heterocycles. The fraction of sp³-hybridized carbons (Fsp3) is 0.200. The standard InChI is InChI=1S/C20H18FN5O/c1-26-11-14(9-24-26)18-7-16-19(17(21)10-23-20(16)25-18)27-15-3-2-12-4-5-22-8-13(12)6-15/h2-3,6-7,9-11,22H,4-5,8H2,1H3,(H,23,25). The van der Waals surface area contributed by atoms with Gasteiger partial charge in [0.2, 0.25) is 0 Å². The second-order valence-corrected chi connectivity index (χ2v) is 6.74. The lowest BCUT2D eigenvalue weighted by Gasteiger charge is -2.18. The number of fused-ring (bicyclic) bond motifs is 2. The third-order valence-corrected chi connectivity index (χ3v) is 4.87. The Morgan fingerprint density at radius 2 is 2.11 bits per heavy atom. The molecular formula is C20H18FN5O. The van der Waals surface area contributed by atoms with Crippen LogP contribution in [0.15, 0.2) is 42.9 Å². The van der Waals surface area contributed by atoms with Crippen LogP contribution in [0.25, 0.3) is 22.3 Å². The number of nitrogens with zero attached hydrogens (tertiary/aromatic N) is 3. The van der Waals surface area contributed by atoms with Gasteiger partial charge in [-0.15, -0.1) is 0 Å². The minimum absolute atomic E-state index is 0.176. The molecule has 136 valence electrons. The number of halogens is 1. The zero-order valence-corrected chi connectivity index (χ0v) is 14.8. The number of pyridine rings is 1. The van der Waals surface area contributed by atoms with Crippen molar-refractivity contribution in [2.75, 3.05) is 6.54 Å². The second-order valence-electron chi connectivity index (χ2n) is 6.74. The van der Waals surface area contributed by atoms with Crippen LogP contribution in [-0.4, -0.2) is 26.3 Å². The number of ether oxygens (including phenoxy) is 1. The van der Waals surface area contributed by atoms with Crippen molar-refractivity contribution in [2.24, 2.45) is 7.05 Å². The van der Waals surface area contributed by atoms with Gasteiger partial charge in [0.25, 0.3) is 0 Å². The average molecular weight is 363 g/mol. The lowest BCUT2D eigenvalue weighted by Crippen LogP contribution is -2.23. The summed E-state index contributed by atoms with van der Waals surface area (Å²) in [5, 5.41) is 8.12. The molecule has 1 aromatic carbocycles. The Kier molecular flexibility index (Phi) is 3.68. The van der Waals surface area contributed by atoms with Crippen LogP contribution in [0.2, 0.25) is 0 Å². The first-order valence-electron chi connectivity index (χ1n) is 8.84. The molecule has 0 saturated carbocycles. The van der Waals surface area contributed by atoms with Gasteiger partial charge in [0.15, 0.2) is 11.6 Å². The summed E-state index contributed by atoms with van der Waals surface area (Å²) in [7, 11) is 1.85. The van der Waals surface area contributed by atoms with Gasteiger partial charge in [0.1, 0.15) is 11.4 Å². The van der Waals surface area contributed by atoms with Gasteiger partial charge in [-0.2, -0.15) is 5.10 Å². The molecule has 5 rings (SSSR count). The van der Waals surface area contributed by atoms with Crippen LogP contribution in [0.4, 0.5) is 4.39 Å². The molecule has 0 aliphatic carbocycles. The molecule has 2 N–H and O–H groups in total. The van der Waals surface area contributed by atoms with Crippen molar-refractivity contribution in [3.05, 3.63) is 59.8 Å². The van der Waals surface area contributed by atoms with Crippen molar-refractivity contribution in [1.29, 1.82) is 0 Å². The van der Waals surface area contributed by atoms with Gasteiger partial charge in [0, 0.05) is 25.4 Å². The monoisotopic (exact) mass is 363 g/mol. The molecule has 4 aromatic rings. The van der Waals surface area contributed by atoms with E-state index in [2.05, 4.69) is 26.4 Å². The van der Waals surface area contributed by atoms with Crippen LogP contribution in [0.5, 0.6) is 11.5 Å². The molecular weight excluding hydrogens is 345 g/mol. The summed E-state index contributed by atoms with van der Waals surface area (Å²) in [6, 6.07) is 7.77. The summed E-state index contributed by atoms with van der Waals surface area (Å²) < 4.78 is 22.2. The van der Waals surface area contributed by atoms with E-state index < -0.39 is 5.82 Å². The highest BCUT2D eigenvalue weighted by Gasteiger charge is 2.17. The molecule has 0 unspecified atom stereocenters. The average Bonchev–Trinajstić information content (AvgIpc) is 3.30. The van der Waals surface area contributed by atoms with E-state index >= 15 is 0 Å². The Balaban J connectivity index is 1.56. The van der Waals surface area contributed by atoms with E-state index in [9.17, 15) is 4.39 Å².